The van der Waals surface area contributed by atoms with Crippen molar-refractivity contribution < 1.29 is 0 Å². The van der Waals surface area contributed by atoms with E-state index in [-0.39, 0.29) is 0 Å². The van der Waals surface area contributed by atoms with Gasteiger partial charge in [-0.05, 0) is 48.4 Å². The van der Waals surface area contributed by atoms with E-state index >= 15 is 0 Å². The van der Waals surface area contributed by atoms with Crippen molar-refractivity contribution in [2.24, 2.45) is 4.99 Å². The number of rotatable bonds is 4. The Bertz CT molecular complexity index is 921. The molecule has 2 aromatic carbocycles. The summed E-state index contributed by atoms with van der Waals surface area (Å²) >= 11 is 15.3. The van der Waals surface area contributed by atoms with Gasteiger partial charge in [0.15, 0.2) is 5.17 Å². The summed E-state index contributed by atoms with van der Waals surface area (Å²) in [6, 6.07) is 15.9. The molecule has 0 saturated heterocycles. The zero-order valence-electron chi connectivity index (χ0n) is 13.7. The van der Waals surface area contributed by atoms with Crippen LogP contribution < -0.4 is 4.90 Å². The van der Waals surface area contributed by atoms with Gasteiger partial charge in [-0.3, -0.25) is 0 Å². The van der Waals surface area contributed by atoms with Gasteiger partial charge in [-0.25, -0.2) is 9.98 Å². The highest BCUT2D eigenvalue weighted by Crippen LogP contribution is 2.35. The third-order valence-electron chi connectivity index (χ3n) is 4.03. The van der Waals surface area contributed by atoms with Crippen molar-refractivity contribution in [2.75, 3.05) is 10.7 Å². The number of benzene rings is 2. The first-order valence-electron chi connectivity index (χ1n) is 8.10. The molecule has 132 valence electrons. The quantitative estimate of drug-likeness (QED) is 0.487. The topological polar surface area (TPSA) is 28.5 Å². The number of fused-ring (bicyclic) bond motifs is 1. The second-order valence-corrected chi connectivity index (χ2v) is 8.55. The van der Waals surface area contributed by atoms with E-state index in [4.69, 9.17) is 28.2 Å². The highest BCUT2D eigenvalue weighted by molar-refractivity contribution is 8.14. The van der Waals surface area contributed by atoms with Crippen LogP contribution in [0.4, 0.5) is 10.7 Å². The van der Waals surface area contributed by atoms with Gasteiger partial charge >= 0.3 is 0 Å². The van der Waals surface area contributed by atoms with Crippen molar-refractivity contribution in [3.63, 3.8) is 0 Å². The Hall–Kier alpha value is -1.53. The van der Waals surface area contributed by atoms with E-state index < -0.39 is 0 Å². The third kappa shape index (κ3) is 4.07. The predicted molar refractivity (Wildman–Crippen MR) is 114 cm³/mol. The van der Waals surface area contributed by atoms with Crippen LogP contribution in [0.5, 0.6) is 0 Å². The molecule has 0 spiro atoms. The Kier molecular flexibility index (Phi) is 5.50. The number of hydrogen-bond acceptors (Lipinski definition) is 5. The fourth-order valence-corrected chi connectivity index (χ4v) is 4.66. The summed E-state index contributed by atoms with van der Waals surface area (Å²) in [6.07, 6.45) is 0.963. The van der Waals surface area contributed by atoms with E-state index in [2.05, 4.69) is 22.0 Å². The fraction of sp³-hybridized carbons (Fsp3) is 0.158. The number of aliphatic imine (C=N–C) groups is 1. The molecule has 0 atom stereocenters. The largest absolute Gasteiger partial charge is 0.315 e. The number of nitrogens with zero attached hydrogens (tertiary/aromatic N) is 3. The van der Waals surface area contributed by atoms with Gasteiger partial charge in [0.2, 0.25) is 0 Å². The van der Waals surface area contributed by atoms with Gasteiger partial charge in [0.25, 0.3) is 0 Å². The predicted octanol–water partition coefficient (Wildman–Crippen LogP) is 6.43. The SMILES string of the molecule is Clc1ccc(CCSC2=Nc3scnc3CN2c2ccc(Cl)cc2)cc1. The number of hydrogen-bond donors (Lipinski definition) is 0. The van der Waals surface area contributed by atoms with Gasteiger partial charge in [0.1, 0.15) is 5.00 Å². The lowest BCUT2D eigenvalue weighted by Crippen LogP contribution is -2.30. The molecule has 2 heterocycles. The number of amidine groups is 1. The normalized spacial score (nSPS) is 13.5. The molecule has 0 saturated carbocycles. The molecule has 1 aliphatic rings. The summed E-state index contributed by atoms with van der Waals surface area (Å²) in [4.78, 5) is 11.5. The molecule has 0 fully saturated rings. The van der Waals surface area contributed by atoms with Crippen LogP contribution >= 0.6 is 46.3 Å². The van der Waals surface area contributed by atoms with Crippen molar-refractivity contribution in [1.29, 1.82) is 0 Å². The molecule has 1 aliphatic heterocycles. The minimum atomic E-state index is 0.729. The Morgan fingerprint density at radius 3 is 2.42 bits per heavy atom. The zero-order valence-corrected chi connectivity index (χ0v) is 16.9. The average molecular weight is 420 g/mol. The van der Waals surface area contributed by atoms with Crippen LogP contribution in [0.15, 0.2) is 59.0 Å². The zero-order chi connectivity index (χ0) is 17.9. The summed E-state index contributed by atoms with van der Waals surface area (Å²) in [5.41, 5.74) is 5.22. The first-order chi connectivity index (χ1) is 12.7. The van der Waals surface area contributed by atoms with E-state index in [0.29, 0.717) is 0 Å². The van der Waals surface area contributed by atoms with Crippen molar-refractivity contribution in [3.05, 3.63) is 75.3 Å². The maximum atomic E-state index is 6.04. The Morgan fingerprint density at radius 1 is 1.00 bits per heavy atom. The molecule has 26 heavy (non-hydrogen) atoms. The van der Waals surface area contributed by atoms with Crippen molar-refractivity contribution in [3.8, 4) is 0 Å². The van der Waals surface area contributed by atoms with Gasteiger partial charge in [-0.1, -0.05) is 47.1 Å². The smallest absolute Gasteiger partial charge is 0.170 e. The molecule has 4 rings (SSSR count). The number of thioether (sulfide) groups is 1. The van der Waals surface area contributed by atoms with Crippen LogP contribution in [0.25, 0.3) is 0 Å². The molecule has 0 N–H and O–H groups in total. The minimum absolute atomic E-state index is 0.729. The monoisotopic (exact) mass is 419 g/mol. The van der Waals surface area contributed by atoms with Crippen molar-refractivity contribution >= 4 is 62.2 Å². The first kappa shape index (κ1) is 17.9. The average Bonchev–Trinajstić information content (AvgIpc) is 3.11. The van der Waals surface area contributed by atoms with Gasteiger partial charge in [0.05, 0.1) is 17.7 Å². The molecule has 1 aromatic heterocycles. The van der Waals surface area contributed by atoms with Crippen LogP contribution in [0, 0.1) is 0 Å². The van der Waals surface area contributed by atoms with Crippen LogP contribution in [-0.4, -0.2) is 15.9 Å². The van der Waals surface area contributed by atoms with Crippen LogP contribution in [0.3, 0.4) is 0 Å². The summed E-state index contributed by atoms with van der Waals surface area (Å²) in [6.45, 7) is 0.729. The molecule has 0 unspecified atom stereocenters. The Labute approximate surface area is 170 Å². The van der Waals surface area contributed by atoms with Crippen LogP contribution in [0.2, 0.25) is 10.0 Å². The summed E-state index contributed by atoms with van der Waals surface area (Å²) in [7, 11) is 0. The summed E-state index contributed by atoms with van der Waals surface area (Å²) in [5, 5.41) is 3.50. The molecule has 3 aromatic rings. The lowest BCUT2D eigenvalue weighted by Gasteiger charge is -2.28. The highest BCUT2D eigenvalue weighted by Gasteiger charge is 2.23. The molecule has 0 amide bonds. The maximum Gasteiger partial charge on any atom is 0.170 e. The maximum absolute atomic E-state index is 6.04. The van der Waals surface area contributed by atoms with E-state index in [0.717, 1.165) is 50.3 Å². The Balaban J connectivity index is 1.52. The molecular formula is C19H15Cl2N3S2. The van der Waals surface area contributed by atoms with Crippen LogP contribution in [0.1, 0.15) is 11.3 Å². The summed E-state index contributed by atoms with van der Waals surface area (Å²) in [5.74, 6) is 0.943. The number of halogens is 2. The summed E-state index contributed by atoms with van der Waals surface area (Å²) < 4.78 is 0. The van der Waals surface area contributed by atoms with Crippen molar-refractivity contribution in [1.82, 2.24) is 4.98 Å². The first-order valence-corrected chi connectivity index (χ1v) is 10.7. The number of aromatic nitrogens is 1. The standard InChI is InChI=1S/C19H15Cl2N3S2/c20-14-3-1-13(2-4-14)9-10-25-19-23-18-17(22-12-26-18)11-24(19)16-7-5-15(21)6-8-16/h1-8,12H,9-11H2. The molecule has 0 bridgehead atoms. The van der Waals surface area contributed by atoms with Crippen molar-refractivity contribution in [2.45, 2.75) is 13.0 Å². The second-order valence-electron chi connectivity index (χ2n) is 5.79. The lowest BCUT2D eigenvalue weighted by molar-refractivity contribution is 0.953. The van der Waals surface area contributed by atoms with E-state index in [1.54, 1.807) is 23.1 Å². The number of aryl methyl sites for hydroxylation is 1. The molecule has 3 nitrogen and oxygen atoms in total. The van der Waals surface area contributed by atoms with Gasteiger partial charge in [-0.15, -0.1) is 11.3 Å². The minimum Gasteiger partial charge on any atom is -0.315 e. The molecule has 0 radical (unpaired) electrons. The second kappa shape index (κ2) is 8.01. The molecule has 0 aliphatic carbocycles. The van der Waals surface area contributed by atoms with Gasteiger partial charge in [0, 0.05) is 21.5 Å². The molecule has 7 heteroatoms. The highest BCUT2D eigenvalue weighted by atomic mass is 35.5. The van der Waals surface area contributed by atoms with E-state index in [1.807, 2.05) is 41.9 Å². The van der Waals surface area contributed by atoms with Crippen LogP contribution in [-0.2, 0) is 13.0 Å². The fourth-order valence-electron chi connectivity index (χ4n) is 2.67. The number of anilines is 1. The van der Waals surface area contributed by atoms with E-state index in [1.165, 1.54) is 5.56 Å². The van der Waals surface area contributed by atoms with Gasteiger partial charge < -0.3 is 4.90 Å². The lowest BCUT2D eigenvalue weighted by atomic mass is 10.2. The molecular weight excluding hydrogens is 405 g/mol. The van der Waals surface area contributed by atoms with E-state index in [9.17, 15) is 0 Å². The third-order valence-corrected chi connectivity index (χ3v) is 6.27. The van der Waals surface area contributed by atoms with Gasteiger partial charge in [-0.2, -0.15) is 0 Å². The number of thiazole rings is 1. The Morgan fingerprint density at radius 2 is 1.69 bits per heavy atom.